The summed E-state index contributed by atoms with van der Waals surface area (Å²) in [7, 11) is 0. The predicted molar refractivity (Wildman–Crippen MR) is 81.4 cm³/mol. The Morgan fingerprint density at radius 1 is 1.27 bits per heavy atom. The normalized spacial score (nSPS) is 16.4. The van der Waals surface area contributed by atoms with Crippen molar-refractivity contribution in [2.45, 2.75) is 20.0 Å². The maximum absolute atomic E-state index is 12.5. The lowest BCUT2D eigenvalue weighted by atomic mass is 10.2. The van der Waals surface area contributed by atoms with Gasteiger partial charge in [0.2, 0.25) is 0 Å². The molecule has 5 heteroatoms. The third kappa shape index (κ3) is 2.79. The topological polar surface area (TPSA) is 51.9 Å². The molecule has 1 amide bonds. The molecule has 1 aromatic carbocycles. The summed E-state index contributed by atoms with van der Waals surface area (Å²) >= 11 is 0. The number of carbonyl (C=O) groups excluding carboxylic acids is 1. The summed E-state index contributed by atoms with van der Waals surface area (Å²) in [4.78, 5) is 14.3. The van der Waals surface area contributed by atoms with Crippen molar-refractivity contribution in [3.05, 3.63) is 47.9 Å². The van der Waals surface area contributed by atoms with E-state index < -0.39 is 0 Å². The molecule has 1 aliphatic rings. The number of nitrogens with zero attached hydrogens (tertiary/aromatic N) is 1. The number of para-hydroxylation sites is 2. The van der Waals surface area contributed by atoms with E-state index in [-0.39, 0.29) is 12.0 Å². The van der Waals surface area contributed by atoms with Crippen LogP contribution in [0.3, 0.4) is 0 Å². The molecule has 0 radical (unpaired) electrons. The standard InChI is InChI=1S/C17H19NO4/c1-3-18(17(19)14-8-9-20-12(14)2)10-13-11-21-15-6-4-5-7-16(15)22-13/h4-9,13H,3,10-11H2,1-2H3. The highest BCUT2D eigenvalue weighted by molar-refractivity contribution is 5.95. The van der Waals surface area contributed by atoms with Gasteiger partial charge in [-0.3, -0.25) is 4.79 Å². The van der Waals surface area contributed by atoms with E-state index in [1.807, 2.05) is 31.2 Å². The summed E-state index contributed by atoms with van der Waals surface area (Å²) in [5.41, 5.74) is 0.596. The van der Waals surface area contributed by atoms with Crippen molar-refractivity contribution < 1.29 is 18.7 Å². The average Bonchev–Trinajstić information content (AvgIpc) is 2.98. The molecule has 1 atom stereocenters. The van der Waals surface area contributed by atoms with Crippen molar-refractivity contribution in [2.24, 2.45) is 0 Å². The Morgan fingerprint density at radius 3 is 2.73 bits per heavy atom. The Morgan fingerprint density at radius 2 is 2.05 bits per heavy atom. The zero-order chi connectivity index (χ0) is 15.5. The minimum atomic E-state index is -0.175. The molecule has 2 aromatic rings. The van der Waals surface area contributed by atoms with Gasteiger partial charge in [-0.1, -0.05) is 12.1 Å². The lowest BCUT2D eigenvalue weighted by molar-refractivity contribution is 0.0474. The summed E-state index contributed by atoms with van der Waals surface area (Å²) in [5, 5.41) is 0. The van der Waals surface area contributed by atoms with Crippen LogP contribution in [0.2, 0.25) is 0 Å². The number of ether oxygens (including phenoxy) is 2. The van der Waals surface area contributed by atoms with Gasteiger partial charge in [0.25, 0.3) is 5.91 Å². The van der Waals surface area contributed by atoms with Gasteiger partial charge in [-0.05, 0) is 32.0 Å². The van der Waals surface area contributed by atoms with Gasteiger partial charge in [-0.15, -0.1) is 0 Å². The molecule has 1 aromatic heterocycles. The third-order valence-electron chi connectivity index (χ3n) is 3.75. The Bertz CT molecular complexity index is 664. The van der Waals surface area contributed by atoms with Gasteiger partial charge < -0.3 is 18.8 Å². The molecular formula is C17H19NO4. The number of carbonyl (C=O) groups is 1. The first-order chi connectivity index (χ1) is 10.7. The SMILES string of the molecule is CCN(CC1COc2ccccc2O1)C(=O)c1ccoc1C. The van der Waals surface area contributed by atoms with Crippen LogP contribution in [0, 0.1) is 6.92 Å². The molecule has 1 aliphatic heterocycles. The molecule has 0 aliphatic carbocycles. The van der Waals surface area contributed by atoms with Crippen LogP contribution in [0.25, 0.3) is 0 Å². The molecule has 5 nitrogen and oxygen atoms in total. The van der Waals surface area contributed by atoms with Gasteiger partial charge in [0.15, 0.2) is 17.6 Å². The second-order valence-electron chi connectivity index (χ2n) is 5.23. The summed E-state index contributed by atoms with van der Waals surface area (Å²) in [6.45, 7) is 5.26. The molecule has 0 saturated carbocycles. The van der Waals surface area contributed by atoms with Gasteiger partial charge >= 0.3 is 0 Å². The Kier molecular flexibility index (Phi) is 4.04. The molecule has 0 fully saturated rings. The number of fused-ring (bicyclic) bond motifs is 1. The first kappa shape index (κ1) is 14.5. The Hall–Kier alpha value is -2.43. The lowest BCUT2D eigenvalue weighted by Gasteiger charge is -2.30. The maximum Gasteiger partial charge on any atom is 0.257 e. The molecule has 1 unspecified atom stereocenters. The van der Waals surface area contributed by atoms with E-state index in [9.17, 15) is 4.79 Å². The summed E-state index contributed by atoms with van der Waals surface area (Å²) < 4.78 is 16.8. The number of rotatable bonds is 4. The smallest absolute Gasteiger partial charge is 0.257 e. The first-order valence-electron chi connectivity index (χ1n) is 7.41. The van der Waals surface area contributed by atoms with Crippen LogP contribution in [0.4, 0.5) is 0 Å². The van der Waals surface area contributed by atoms with Gasteiger partial charge in [0.05, 0.1) is 18.4 Å². The van der Waals surface area contributed by atoms with Crippen LogP contribution in [0.5, 0.6) is 11.5 Å². The van der Waals surface area contributed by atoms with E-state index in [0.717, 1.165) is 11.5 Å². The summed E-state index contributed by atoms with van der Waals surface area (Å²) in [6, 6.07) is 9.27. The van der Waals surface area contributed by atoms with Gasteiger partial charge in [-0.2, -0.15) is 0 Å². The minimum absolute atomic E-state index is 0.0452. The largest absolute Gasteiger partial charge is 0.486 e. The van der Waals surface area contributed by atoms with E-state index in [0.29, 0.717) is 31.0 Å². The highest BCUT2D eigenvalue weighted by atomic mass is 16.6. The van der Waals surface area contributed by atoms with Crippen molar-refractivity contribution in [2.75, 3.05) is 19.7 Å². The second kappa shape index (κ2) is 6.13. The number of furan rings is 1. The van der Waals surface area contributed by atoms with Crippen LogP contribution >= 0.6 is 0 Å². The monoisotopic (exact) mass is 301 g/mol. The second-order valence-corrected chi connectivity index (χ2v) is 5.23. The van der Waals surface area contributed by atoms with Crippen molar-refractivity contribution >= 4 is 5.91 Å². The van der Waals surface area contributed by atoms with Crippen LogP contribution < -0.4 is 9.47 Å². The van der Waals surface area contributed by atoms with E-state index in [4.69, 9.17) is 13.9 Å². The zero-order valence-electron chi connectivity index (χ0n) is 12.7. The summed E-state index contributed by atoms with van der Waals surface area (Å²) in [6.07, 6.45) is 1.36. The molecule has 0 N–H and O–H groups in total. The van der Waals surface area contributed by atoms with E-state index in [1.165, 1.54) is 6.26 Å². The number of hydrogen-bond donors (Lipinski definition) is 0. The molecule has 116 valence electrons. The van der Waals surface area contributed by atoms with Crippen molar-refractivity contribution in [3.63, 3.8) is 0 Å². The average molecular weight is 301 g/mol. The number of amides is 1. The molecular weight excluding hydrogens is 282 g/mol. The minimum Gasteiger partial charge on any atom is -0.486 e. The van der Waals surface area contributed by atoms with Crippen LogP contribution in [-0.4, -0.2) is 36.6 Å². The van der Waals surface area contributed by atoms with Gasteiger partial charge in [-0.25, -0.2) is 0 Å². The molecule has 2 heterocycles. The van der Waals surface area contributed by atoms with E-state index in [1.54, 1.807) is 17.9 Å². The number of aryl methyl sites for hydroxylation is 1. The van der Waals surface area contributed by atoms with Crippen molar-refractivity contribution in [1.29, 1.82) is 0 Å². The highest BCUT2D eigenvalue weighted by Gasteiger charge is 2.26. The number of hydrogen-bond acceptors (Lipinski definition) is 4. The van der Waals surface area contributed by atoms with Crippen molar-refractivity contribution in [1.82, 2.24) is 4.90 Å². The van der Waals surface area contributed by atoms with Crippen molar-refractivity contribution in [3.8, 4) is 11.5 Å². The van der Waals surface area contributed by atoms with E-state index in [2.05, 4.69) is 0 Å². The lowest BCUT2D eigenvalue weighted by Crippen LogP contribution is -2.43. The first-order valence-corrected chi connectivity index (χ1v) is 7.41. The molecule has 3 rings (SSSR count). The quantitative estimate of drug-likeness (QED) is 0.871. The molecule has 0 saturated heterocycles. The third-order valence-corrected chi connectivity index (χ3v) is 3.75. The number of benzene rings is 1. The fourth-order valence-corrected chi connectivity index (χ4v) is 2.53. The van der Waals surface area contributed by atoms with Crippen LogP contribution in [-0.2, 0) is 0 Å². The Balaban J connectivity index is 1.69. The highest BCUT2D eigenvalue weighted by Crippen LogP contribution is 2.31. The van der Waals surface area contributed by atoms with Gasteiger partial charge in [0, 0.05) is 6.54 Å². The number of likely N-dealkylation sites (N-methyl/N-ethyl adjacent to an activating group) is 1. The predicted octanol–water partition coefficient (Wildman–Crippen LogP) is 2.89. The summed E-state index contributed by atoms with van der Waals surface area (Å²) in [5.74, 6) is 2.06. The van der Waals surface area contributed by atoms with E-state index >= 15 is 0 Å². The molecule has 22 heavy (non-hydrogen) atoms. The fraction of sp³-hybridized carbons (Fsp3) is 0.353. The maximum atomic E-state index is 12.5. The fourth-order valence-electron chi connectivity index (χ4n) is 2.53. The van der Waals surface area contributed by atoms with Crippen LogP contribution in [0.1, 0.15) is 23.0 Å². The van der Waals surface area contributed by atoms with Crippen LogP contribution in [0.15, 0.2) is 41.0 Å². The van der Waals surface area contributed by atoms with Gasteiger partial charge in [0.1, 0.15) is 12.4 Å². The molecule has 0 bridgehead atoms. The molecule has 0 spiro atoms. The Labute approximate surface area is 129 Å². The zero-order valence-corrected chi connectivity index (χ0v) is 12.7.